The summed E-state index contributed by atoms with van der Waals surface area (Å²) in [6.45, 7) is 3.66. The monoisotopic (exact) mass is 104 g/mol. The maximum Gasteiger partial charge on any atom is 0.0326 e. The van der Waals surface area contributed by atoms with Crippen molar-refractivity contribution < 1.29 is 10.4 Å². The number of nitrogens with zero attached hydrogens (tertiary/aromatic N) is 1. The summed E-state index contributed by atoms with van der Waals surface area (Å²) < 4.78 is 0. The maximum absolute atomic E-state index is 7.91. The molecule has 0 amide bonds. The fourth-order valence-corrected chi connectivity index (χ4v) is 0.146. The van der Waals surface area contributed by atoms with Gasteiger partial charge in [0.05, 0.1) is 0 Å². The number of rotatable bonds is 3. The molecule has 42 valence electrons. The summed E-state index contributed by atoms with van der Waals surface area (Å²) in [6.07, 6.45) is 1.50. The van der Waals surface area contributed by atoms with Crippen LogP contribution in [0.25, 0.3) is 0 Å². The van der Waals surface area contributed by atoms with Crippen LogP contribution in [-0.4, -0.2) is 22.3 Å². The lowest BCUT2D eigenvalue weighted by atomic mass is 10.7. The second kappa shape index (κ2) is 3.76. The Morgan fingerprint density at radius 3 is 2.43 bits per heavy atom. The summed E-state index contributed by atoms with van der Waals surface area (Å²) >= 11 is 0. The molecule has 4 nitrogen and oxygen atoms in total. The lowest BCUT2D eigenvalue weighted by Gasteiger charge is -2.02. The molecule has 0 rings (SSSR count). The summed E-state index contributed by atoms with van der Waals surface area (Å²) in [7, 11) is 0. The number of hydrogen-bond acceptors (Lipinski definition) is 4. The van der Waals surface area contributed by atoms with Crippen LogP contribution in [-0.2, 0) is 0 Å². The molecule has 0 aromatic rings. The minimum absolute atomic E-state index is 0.109. The highest BCUT2D eigenvalue weighted by Gasteiger charge is 1.82. The zero-order valence-electron chi connectivity index (χ0n) is 3.83. The van der Waals surface area contributed by atoms with Crippen molar-refractivity contribution in [3.8, 4) is 0 Å². The maximum atomic E-state index is 7.91. The normalized spacial score (nSPS) is 9.57. The fourth-order valence-electron chi connectivity index (χ4n) is 0.146. The van der Waals surface area contributed by atoms with Crippen molar-refractivity contribution in [3.63, 3.8) is 0 Å². The van der Waals surface area contributed by atoms with E-state index in [2.05, 4.69) is 12.0 Å². The van der Waals surface area contributed by atoms with Crippen LogP contribution in [0, 0.1) is 0 Å². The molecule has 0 spiro atoms. The summed E-state index contributed by atoms with van der Waals surface area (Å²) in [5.41, 5.74) is 2.12. The molecule has 0 aromatic heterocycles. The zero-order valence-corrected chi connectivity index (χ0v) is 3.83. The van der Waals surface area contributed by atoms with E-state index in [1.165, 1.54) is 6.08 Å². The van der Waals surface area contributed by atoms with E-state index >= 15 is 0 Å². The molecule has 3 N–H and O–H groups in total. The molecule has 0 bridgehead atoms. The standard InChI is InChI=1S/C3H8N2O2/c1-2-3-4-5(6)7/h2,4,6-7H,1,3H2. The minimum atomic E-state index is -0.109. The third kappa shape index (κ3) is 5.58. The molecular weight excluding hydrogens is 96.0 g/mol. The highest BCUT2D eigenvalue weighted by molar-refractivity contribution is 4.66. The Balaban J connectivity index is 2.81. The van der Waals surface area contributed by atoms with Crippen LogP contribution in [0.2, 0.25) is 0 Å². The van der Waals surface area contributed by atoms with E-state index in [-0.39, 0.29) is 5.34 Å². The van der Waals surface area contributed by atoms with E-state index in [1.807, 2.05) is 0 Å². The Labute approximate surface area is 41.6 Å². The van der Waals surface area contributed by atoms with E-state index < -0.39 is 0 Å². The molecule has 0 aliphatic heterocycles. The average molecular weight is 104 g/mol. The van der Waals surface area contributed by atoms with Gasteiger partial charge in [0.2, 0.25) is 0 Å². The van der Waals surface area contributed by atoms with Gasteiger partial charge in [-0.05, 0) is 0 Å². The van der Waals surface area contributed by atoms with E-state index in [4.69, 9.17) is 10.4 Å². The van der Waals surface area contributed by atoms with E-state index in [0.29, 0.717) is 6.54 Å². The van der Waals surface area contributed by atoms with Crippen molar-refractivity contribution in [2.45, 2.75) is 0 Å². The SMILES string of the molecule is C=CCNN(O)O. The van der Waals surface area contributed by atoms with Gasteiger partial charge >= 0.3 is 0 Å². The third-order valence-corrected chi connectivity index (χ3v) is 0.377. The Morgan fingerprint density at radius 2 is 2.29 bits per heavy atom. The third-order valence-electron chi connectivity index (χ3n) is 0.377. The highest BCUT2D eigenvalue weighted by Crippen LogP contribution is 1.60. The lowest BCUT2D eigenvalue weighted by Crippen LogP contribution is -2.31. The molecule has 0 saturated carbocycles. The topological polar surface area (TPSA) is 55.7 Å². The van der Waals surface area contributed by atoms with Gasteiger partial charge in [0.15, 0.2) is 0 Å². The summed E-state index contributed by atoms with van der Waals surface area (Å²) in [4.78, 5) is 0. The smallest absolute Gasteiger partial charge is 0.0326 e. The molecule has 0 atom stereocenters. The first-order chi connectivity index (χ1) is 3.27. The molecule has 0 radical (unpaired) electrons. The molecule has 0 aliphatic carbocycles. The largest absolute Gasteiger partial charge is 0.276 e. The molecule has 7 heavy (non-hydrogen) atoms. The number of hydrazine groups is 1. The minimum Gasteiger partial charge on any atom is -0.276 e. The summed E-state index contributed by atoms with van der Waals surface area (Å²) in [6, 6.07) is 0. The Kier molecular flexibility index (Phi) is 3.53. The zero-order chi connectivity index (χ0) is 5.70. The first-order valence-corrected chi connectivity index (χ1v) is 1.79. The quantitative estimate of drug-likeness (QED) is 0.341. The molecule has 0 fully saturated rings. The second-order valence-electron chi connectivity index (χ2n) is 0.940. The average Bonchev–Trinajstić information content (AvgIpc) is 1.61. The summed E-state index contributed by atoms with van der Waals surface area (Å²) in [5, 5.41) is 15.7. The Bertz CT molecular complexity index is 54.9. The number of hydrogen-bond donors (Lipinski definition) is 3. The Hall–Kier alpha value is -0.420. The van der Waals surface area contributed by atoms with Crippen molar-refractivity contribution in [1.29, 1.82) is 0 Å². The molecule has 0 heterocycles. The predicted molar refractivity (Wildman–Crippen MR) is 23.6 cm³/mol. The second-order valence-corrected chi connectivity index (χ2v) is 0.940. The highest BCUT2D eigenvalue weighted by atomic mass is 16.8. The molecule has 4 heteroatoms. The lowest BCUT2D eigenvalue weighted by molar-refractivity contribution is -0.340. The van der Waals surface area contributed by atoms with Gasteiger partial charge < -0.3 is 0 Å². The summed E-state index contributed by atoms with van der Waals surface area (Å²) in [5.74, 6) is 0. The van der Waals surface area contributed by atoms with Crippen LogP contribution in [0.15, 0.2) is 12.7 Å². The van der Waals surface area contributed by atoms with Crippen LogP contribution in [0.3, 0.4) is 0 Å². The molecule has 0 unspecified atom stereocenters. The number of nitrogens with one attached hydrogen (secondary N) is 1. The molecule has 0 saturated heterocycles. The van der Waals surface area contributed by atoms with E-state index in [0.717, 1.165) is 0 Å². The Morgan fingerprint density at radius 1 is 1.71 bits per heavy atom. The van der Waals surface area contributed by atoms with Gasteiger partial charge in [-0.2, -0.15) is 0 Å². The van der Waals surface area contributed by atoms with Gasteiger partial charge in [-0.25, -0.2) is 5.43 Å². The van der Waals surface area contributed by atoms with Crippen molar-refractivity contribution in [2.75, 3.05) is 6.54 Å². The van der Waals surface area contributed by atoms with Crippen molar-refractivity contribution in [1.82, 2.24) is 10.8 Å². The van der Waals surface area contributed by atoms with Crippen molar-refractivity contribution in [2.24, 2.45) is 0 Å². The van der Waals surface area contributed by atoms with Gasteiger partial charge in [0, 0.05) is 11.9 Å². The van der Waals surface area contributed by atoms with Crippen LogP contribution in [0.1, 0.15) is 0 Å². The van der Waals surface area contributed by atoms with E-state index in [9.17, 15) is 0 Å². The molecule has 0 aromatic carbocycles. The van der Waals surface area contributed by atoms with Crippen molar-refractivity contribution >= 4 is 0 Å². The first-order valence-electron chi connectivity index (χ1n) is 1.79. The molecule has 0 aliphatic rings. The molecular formula is C3H8N2O2. The van der Waals surface area contributed by atoms with Crippen LogP contribution in [0.4, 0.5) is 0 Å². The van der Waals surface area contributed by atoms with Crippen LogP contribution in [0.5, 0.6) is 0 Å². The van der Waals surface area contributed by atoms with E-state index in [1.54, 1.807) is 0 Å². The van der Waals surface area contributed by atoms with Gasteiger partial charge in [-0.15, -0.1) is 6.58 Å². The van der Waals surface area contributed by atoms with Crippen molar-refractivity contribution in [3.05, 3.63) is 12.7 Å². The van der Waals surface area contributed by atoms with Gasteiger partial charge in [-0.3, -0.25) is 10.4 Å². The fraction of sp³-hybridized carbons (Fsp3) is 0.333. The first kappa shape index (κ1) is 6.58. The van der Waals surface area contributed by atoms with Gasteiger partial charge in [0.1, 0.15) is 0 Å². The van der Waals surface area contributed by atoms with Crippen LogP contribution < -0.4 is 5.43 Å². The van der Waals surface area contributed by atoms with Crippen LogP contribution >= 0.6 is 0 Å². The predicted octanol–water partition coefficient (Wildman–Crippen LogP) is -0.243. The van der Waals surface area contributed by atoms with Gasteiger partial charge in [0.25, 0.3) is 0 Å². The van der Waals surface area contributed by atoms with Gasteiger partial charge in [-0.1, -0.05) is 6.08 Å².